The van der Waals surface area contributed by atoms with Crippen LogP contribution in [0.15, 0.2) is 43.6 Å². The molecular weight excluding hydrogens is 250 g/mol. The van der Waals surface area contributed by atoms with Crippen LogP contribution in [0.25, 0.3) is 0 Å². The van der Waals surface area contributed by atoms with E-state index >= 15 is 0 Å². The Bertz CT molecular complexity index is 538. The molecule has 0 atom stereocenters. The zero-order valence-corrected chi connectivity index (χ0v) is 9.98. The van der Waals surface area contributed by atoms with Crippen LogP contribution in [0.5, 0.6) is 0 Å². The molecule has 2 aromatic rings. The lowest BCUT2D eigenvalue weighted by Gasteiger charge is -1.91. The Morgan fingerprint density at radius 2 is 1.87 bits per heavy atom. The van der Waals surface area contributed by atoms with Gasteiger partial charge in [0.1, 0.15) is 4.21 Å². The SMILES string of the molecule is O=S(=O)(N=Cc1cccs1)c1cccs1. The van der Waals surface area contributed by atoms with Crippen LogP contribution in [0, 0.1) is 0 Å². The van der Waals surface area contributed by atoms with Crippen molar-refractivity contribution in [1.29, 1.82) is 0 Å². The van der Waals surface area contributed by atoms with Crippen molar-refractivity contribution in [2.45, 2.75) is 4.21 Å². The highest BCUT2D eigenvalue weighted by molar-refractivity contribution is 7.92. The molecule has 0 aliphatic heterocycles. The third kappa shape index (κ3) is 2.53. The van der Waals surface area contributed by atoms with E-state index in [1.807, 2.05) is 17.5 Å². The second-order valence-electron chi connectivity index (χ2n) is 2.66. The van der Waals surface area contributed by atoms with Gasteiger partial charge in [-0.25, -0.2) is 0 Å². The average Bonchev–Trinajstić information content (AvgIpc) is 2.88. The summed E-state index contributed by atoms with van der Waals surface area (Å²) in [5.74, 6) is 0. The quantitative estimate of drug-likeness (QED) is 0.793. The molecule has 78 valence electrons. The van der Waals surface area contributed by atoms with Gasteiger partial charge in [0, 0.05) is 4.88 Å². The summed E-state index contributed by atoms with van der Waals surface area (Å²) in [6, 6.07) is 6.91. The molecule has 3 nitrogen and oxygen atoms in total. The Morgan fingerprint density at radius 1 is 1.13 bits per heavy atom. The van der Waals surface area contributed by atoms with Gasteiger partial charge in [-0.05, 0) is 22.9 Å². The molecule has 2 heterocycles. The van der Waals surface area contributed by atoms with Gasteiger partial charge in [0.05, 0.1) is 6.21 Å². The molecule has 2 aromatic heterocycles. The van der Waals surface area contributed by atoms with Gasteiger partial charge in [0.2, 0.25) is 0 Å². The first-order valence-corrected chi connectivity index (χ1v) is 7.26. The molecule has 15 heavy (non-hydrogen) atoms. The molecule has 0 amide bonds. The van der Waals surface area contributed by atoms with E-state index in [1.54, 1.807) is 17.5 Å². The van der Waals surface area contributed by atoms with Crippen molar-refractivity contribution in [2.75, 3.05) is 0 Å². The first-order valence-electron chi connectivity index (χ1n) is 4.06. The highest BCUT2D eigenvalue weighted by Crippen LogP contribution is 2.18. The van der Waals surface area contributed by atoms with E-state index in [0.717, 1.165) is 4.88 Å². The van der Waals surface area contributed by atoms with Crippen LogP contribution in [-0.4, -0.2) is 14.6 Å². The minimum Gasteiger partial charge on any atom is -0.198 e. The van der Waals surface area contributed by atoms with Crippen molar-refractivity contribution < 1.29 is 8.42 Å². The number of nitrogens with zero attached hydrogens (tertiary/aromatic N) is 1. The van der Waals surface area contributed by atoms with Crippen molar-refractivity contribution in [3.05, 3.63) is 39.9 Å². The van der Waals surface area contributed by atoms with Gasteiger partial charge in [-0.3, -0.25) is 0 Å². The number of hydrogen-bond donors (Lipinski definition) is 0. The van der Waals surface area contributed by atoms with Crippen LogP contribution in [0.3, 0.4) is 0 Å². The van der Waals surface area contributed by atoms with Crippen molar-refractivity contribution in [2.24, 2.45) is 4.40 Å². The van der Waals surface area contributed by atoms with Gasteiger partial charge in [0.15, 0.2) is 0 Å². The average molecular weight is 257 g/mol. The zero-order valence-electron chi connectivity index (χ0n) is 7.53. The van der Waals surface area contributed by atoms with E-state index in [4.69, 9.17) is 0 Å². The van der Waals surface area contributed by atoms with Crippen LogP contribution in [0.4, 0.5) is 0 Å². The van der Waals surface area contributed by atoms with E-state index in [-0.39, 0.29) is 4.21 Å². The lowest BCUT2D eigenvalue weighted by molar-refractivity contribution is 0.600. The van der Waals surface area contributed by atoms with Gasteiger partial charge in [0.25, 0.3) is 10.0 Å². The summed E-state index contributed by atoms with van der Waals surface area (Å²) in [7, 11) is -3.50. The lowest BCUT2D eigenvalue weighted by Crippen LogP contribution is -1.93. The van der Waals surface area contributed by atoms with Gasteiger partial charge >= 0.3 is 0 Å². The first kappa shape index (κ1) is 10.5. The summed E-state index contributed by atoms with van der Waals surface area (Å²) in [4.78, 5) is 0.829. The van der Waals surface area contributed by atoms with E-state index in [1.165, 1.54) is 28.9 Å². The molecule has 0 saturated heterocycles. The van der Waals surface area contributed by atoms with E-state index in [9.17, 15) is 8.42 Å². The second-order valence-corrected chi connectivity index (χ2v) is 6.44. The highest BCUT2D eigenvalue weighted by atomic mass is 32.2. The summed E-state index contributed by atoms with van der Waals surface area (Å²) < 4.78 is 27.1. The molecule has 0 aliphatic rings. The van der Waals surface area contributed by atoms with E-state index < -0.39 is 10.0 Å². The normalized spacial score (nSPS) is 12.3. The highest BCUT2D eigenvalue weighted by Gasteiger charge is 2.11. The number of thiophene rings is 2. The van der Waals surface area contributed by atoms with Crippen LogP contribution in [0.1, 0.15) is 4.88 Å². The van der Waals surface area contributed by atoms with Gasteiger partial charge in [-0.1, -0.05) is 12.1 Å². The Kier molecular flexibility index (Phi) is 2.99. The standard InChI is InChI=1S/C9H7NO2S3/c11-15(12,9-4-2-6-14-9)10-7-8-3-1-5-13-8/h1-7H. The molecule has 0 fully saturated rings. The zero-order chi connectivity index (χ0) is 10.7. The van der Waals surface area contributed by atoms with Gasteiger partial charge < -0.3 is 0 Å². The fraction of sp³-hybridized carbons (Fsp3) is 0. The van der Waals surface area contributed by atoms with Crippen LogP contribution in [-0.2, 0) is 10.0 Å². The molecule has 2 rings (SSSR count). The maximum atomic E-state index is 11.6. The summed E-state index contributed by atoms with van der Waals surface area (Å²) >= 11 is 2.62. The molecule has 0 radical (unpaired) electrons. The molecule has 0 saturated carbocycles. The number of hydrogen-bond acceptors (Lipinski definition) is 4. The van der Waals surface area contributed by atoms with Crippen LogP contribution < -0.4 is 0 Å². The smallest absolute Gasteiger partial charge is 0.198 e. The monoisotopic (exact) mass is 257 g/mol. The minimum absolute atomic E-state index is 0.273. The predicted molar refractivity (Wildman–Crippen MR) is 63.4 cm³/mol. The van der Waals surface area contributed by atoms with Crippen molar-refractivity contribution >= 4 is 38.9 Å². The third-order valence-corrected chi connectivity index (χ3v) is 5.03. The van der Waals surface area contributed by atoms with Crippen molar-refractivity contribution in [3.8, 4) is 0 Å². The van der Waals surface area contributed by atoms with Crippen LogP contribution >= 0.6 is 22.7 Å². The predicted octanol–water partition coefficient (Wildman–Crippen LogP) is 2.62. The number of rotatable bonds is 3. The minimum atomic E-state index is -3.50. The lowest BCUT2D eigenvalue weighted by atomic mass is 10.5. The fourth-order valence-corrected chi connectivity index (χ4v) is 3.44. The molecule has 6 heteroatoms. The molecular formula is C9H7NO2S3. The number of sulfonamides is 1. The maximum Gasteiger partial charge on any atom is 0.291 e. The Labute approximate surface area is 95.8 Å². The molecule has 0 aliphatic carbocycles. The second kappa shape index (κ2) is 4.26. The third-order valence-electron chi connectivity index (χ3n) is 1.61. The molecule has 0 aromatic carbocycles. The largest absolute Gasteiger partial charge is 0.291 e. The maximum absolute atomic E-state index is 11.6. The molecule has 0 unspecified atom stereocenters. The van der Waals surface area contributed by atoms with Gasteiger partial charge in [-0.15, -0.1) is 22.7 Å². The summed E-state index contributed by atoms with van der Waals surface area (Å²) in [6.45, 7) is 0. The Hall–Kier alpha value is -0.980. The van der Waals surface area contributed by atoms with E-state index in [0.29, 0.717) is 0 Å². The molecule has 0 bridgehead atoms. The summed E-state index contributed by atoms with van der Waals surface area (Å²) in [5.41, 5.74) is 0. The van der Waals surface area contributed by atoms with Crippen molar-refractivity contribution in [3.63, 3.8) is 0 Å². The first-order chi connectivity index (χ1) is 7.18. The Balaban J connectivity index is 2.26. The summed E-state index contributed by atoms with van der Waals surface area (Å²) in [6.07, 6.45) is 1.37. The van der Waals surface area contributed by atoms with Crippen molar-refractivity contribution in [1.82, 2.24) is 0 Å². The molecule has 0 N–H and O–H groups in total. The topological polar surface area (TPSA) is 46.5 Å². The summed E-state index contributed by atoms with van der Waals surface area (Å²) in [5, 5.41) is 3.59. The van der Waals surface area contributed by atoms with Gasteiger partial charge in [-0.2, -0.15) is 12.8 Å². The Morgan fingerprint density at radius 3 is 2.47 bits per heavy atom. The van der Waals surface area contributed by atoms with E-state index in [2.05, 4.69) is 4.40 Å². The fourth-order valence-electron chi connectivity index (χ4n) is 0.948. The molecule has 0 spiro atoms. The van der Waals surface area contributed by atoms with Crippen LogP contribution in [0.2, 0.25) is 0 Å².